The van der Waals surface area contributed by atoms with Crippen molar-refractivity contribution in [2.75, 3.05) is 5.32 Å². The van der Waals surface area contributed by atoms with Gasteiger partial charge in [-0.3, -0.25) is 14.8 Å². The van der Waals surface area contributed by atoms with Gasteiger partial charge in [0.25, 0.3) is 5.91 Å². The Kier molecular flexibility index (Phi) is 4.84. The quantitative estimate of drug-likeness (QED) is 0.740. The van der Waals surface area contributed by atoms with Crippen LogP contribution in [-0.2, 0) is 25.8 Å². The molecule has 0 fully saturated rings. The summed E-state index contributed by atoms with van der Waals surface area (Å²) < 4.78 is 1.84. The maximum absolute atomic E-state index is 12.9. The molecule has 6 heteroatoms. The number of hydrogen-bond donors (Lipinski definition) is 1. The van der Waals surface area contributed by atoms with Crippen molar-refractivity contribution in [1.29, 1.82) is 0 Å². The fourth-order valence-electron chi connectivity index (χ4n) is 3.49. The maximum Gasteiger partial charge on any atom is 0.276 e. The van der Waals surface area contributed by atoms with Gasteiger partial charge in [0, 0.05) is 29.6 Å². The molecule has 2 aromatic heterocycles. The normalized spacial score (nSPS) is 13.4. The molecule has 2 heterocycles. The second-order valence-electron chi connectivity index (χ2n) is 6.54. The van der Waals surface area contributed by atoms with E-state index in [2.05, 4.69) is 27.5 Å². The molecule has 5 nitrogen and oxygen atoms in total. The van der Waals surface area contributed by atoms with E-state index >= 15 is 0 Å². The van der Waals surface area contributed by atoms with E-state index in [1.165, 1.54) is 16.9 Å². The number of fused-ring (bicyclic) bond motifs is 1. The van der Waals surface area contributed by atoms with Gasteiger partial charge in [0.05, 0.1) is 5.69 Å². The van der Waals surface area contributed by atoms with Crippen LogP contribution in [0.5, 0.6) is 0 Å². The molecule has 0 bridgehead atoms. The first-order chi connectivity index (χ1) is 12.7. The summed E-state index contributed by atoms with van der Waals surface area (Å²) in [6.45, 7) is 2.73. The summed E-state index contributed by atoms with van der Waals surface area (Å²) in [5.41, 5.74) is 4.16. The molecule has 1 aromatic carbocycles. The van der Waals surface area contributed by atoms with Crippen molar-refractivity contribution < 1.29 is 4.79 Å². The second kappa shape index (κ2) is 7.41. The van der Waals surface area contributed by atoms with Gasteiger partial charge in [0.1, 0.15) is 5.69 Å². The van der Waals surface area contributed by atoms with Crippen LogP contribution in [0.3, 0.4) is 0 Å². The monoisotopic (exact) mass is 366 g/mol. The van der Waals surface area contributed by atoms with Gasteiger partial charge < -0.3 is 0 Å². The Hall–Kier alpha value is -2.47. The van der Waals surface area contributed by atoms with Crippen LogP contribution >= 0.6 is 11.3 Å². The van der Waals surface area contributed by atoms with Crippen LogP contribution in [0, 0.1) is 0 Å². The lowest BCUT2D eigenvalue weighted by Gasteiger charge is -2.11. The molecule has 0 atom stereocenters. The highest BCUT2D eigenvalue weighted by Gasteiger charge is 2.25. The standard InChI is InChI=1S/C20H22N4OS/c1-2-24-18(16-10-6-7-11-17(16)23-24)19(25)22-20-21-13-15(26-20)12-14-8-4-3-5-9-14/h3-5,8-9,13H,2,6-7,10-12H2,1H3,(H,21,22,25). The molecule has 1 aliphatic rings. The van der Waals surface area contributed by atoms with E-state index in [0.29, 0.717) is 17.4 Å². The number of anilines is 1. The van der Waals surface area contributed by atoms with Crippen molar-refractivity contribution in [1.82, 2.24) is 14.8 Å². The third-order valence-electron chi connectivity index (χ3n) is 4.73. The number of aromatic nitrogens is 3. The minimum atomic E-state index is -0.0943. The van der Waals surface area contributed by atoms with Crippen LogP contribution in [0.25, 0.3) is 0 Å². The largest absolute Gasteiger partial charge is 0.296 e. The van der Waals surface area contributed by atoms with Crippen LogP contribution in [0.2, 0.25) is 0 Å². The number of nitrogens with zero attached hydrogens (tertiary/aromatic N) is 3. The summed E-state index contributed by atoms with van der Waals surface area (Å²) in [5.74, 6) is -0.0943. The molecule has 0 radical (unpaired) electrons. The van der Waals surface area contributed by atoms with Crippen LogP contribution in [0.1, 0.15) is 52.0 Å². The second-order valence-corrected chi connectivity index (χ2v) is 7.66. The first-order valence-electron chi connectivity index (χ1n) is 9.13. The van der Waals surface area contributed by atoms with E-state index in [9.17, 15) is 4.79 Å². The first-order valence-corrected chi connectivity index (χ1v) is 9.94. The zero-order chi connectivity index (χ0) is 17.9. The molecular weight excluding hydrogens is 344 g/mol. The molecule has 1 aliphatic carbocycles. The van der Waals surface area contributed by atoms with E-state index in [1.54, 1.807) is 0 Å². The molecule has 0 saturated carbocycles. The average Bonchev–Trinajstić information content (AvgIpc) is 3.26. The van der Waals surface area contributed by atoms with Gasteiger partial charge in [-0.15, -0.1) is 11.3 Å². The summed E-state index contributed by atoms with van der Waals surface area (Å²) >= 11 is 1.53. The van der Waals surface area contributed by atoms with Crippen LogP contribution in [0.4, 0.5) is 5.13 Å². The summed E-state index contributed by atoms with van der Waals surface area (Å²) in [6, 6.07) is 10.3. The van der Waals surface area contributed by atoms with E-state index in [1.807, 2.05) is 36.0 Å². The van der Waals surface area contributed by atoms with Gasteiger partial charge in [-0.25, -0.2) is 4.98 Å². The fraction of sp³-hybridized carbons (Fsp3) is 0.350. The highest BCUT2D eigenvalue weighted by molar-refractivity contribution is 7.15. The number of hydrogen-bond acceptors (Lipinski definition) is 4. The summed E-state index contributed by atoms with van der Waals surface area (Å²) in [6.07, 6.45) is 6.87. The highest BCUT2D eigenvalue weighted by Crippen LogP contribution is 2.26. The minimum absolute atomic E-state index is 0.0943. The lowest BCUT2D eigenvalue weighted by atomic mass is 9.95. The van der Waals surface area contributed by atoms with Gasteiger partial charge in [-0.05, 0) is 38.2 Å². The molecule has 0 unspecified atom stereocenters. The van der Waals surface area contributed by atoms with E-state index < -0.39 is 0 Å². The fourth-order valence-corrected chi connectivity index (χ4v) is 4.33. The number of amides is 1. The molecular formula is C20H22N4OS. The Morgan fingerprint density at radius 1 is 1.23 bits per heavy atom. The Balaban J connectivity index is 1.51. The molecule has 0 saturated heterocycles. The molecule has 134 valence electrons. The van der Waals surface area contributed by atoms with Crippen molar-refractivity contribution in [2.45, 2.75) is 45.6 Å². The number of rotatable bonds is 5. The molecule has 26 heavy (non-hydrogen) atoms. The minimum Gasteiger partial charge on any atom is -0.296 e. The lowest BCUT2D eigenvalue weighted by molar-refractivity contribution is 0.101. The van der Waals surface area contributed by atoms with E-state index in [0.717, 1.165) is 48.2 Å². The van der Waals surface area contributed by atoms with E-state index in [-0.39, 0.29) is 5.91 Å². The van der Waals surface area contributed by atoms with Gasteiger partial charge in [0.15, 0.2) is 5.13 Å². The Morgan fingerprint density at radius 2 is 2.04 bits per heavy atom. The number of benzene rings is 1. The van der Waals surface area contributed by atoms with Crippen LogP contribution in [-0.4, -0.2) is 20.7 Å². The predicted molar refractivity (Wildman–Crippen MR) is 104 cm³/mol. The maximum atomic E-state index is 12.9. The Labute approximate surface area is 157 Å². The number of carbonyl (C=O) groups excluding carboxylic acids is 1. The Morgan fingerprint density at radius 3 is 2.85 bits per heavy atom. The molecule has 0 spiro atoms. The zero-order valence-electron chi connectivity index (χ0n) is 14.9. The number of carbonyl (C=O) groups is 1. The van der Waals surface area contributed by atoms with Crippen LogP contribution < -0.4 is 5.32 Å². The number of nitrogens with one attached hydrogen (secondary N) is 1. The first kappa shape index (κ1) is 17.0. The topological polar surface area (TPSA) is 59.8 Å². The number of aryl methyl sites for hydroxylation is 2. The Bertz CT molecular complexity index is 913. The van der Waals surface area contributed by atoms with Gasteiger partial charge >= 0.3 is 0 Å². The summed E-state index contributed by atoms with van der Waals surface area (Å²) in [7, 11) is 0. The third-order valence-corrected chi connectivity index (χ3v) is 5.65. The average molecular weight is 366 g/mol. The third kappa shape index (κ3) is 3.42. The zero-order valence-corrected chi connectivity index (χ0v) is 15.7. The van der Waals surface area contributed by atoms with E-state index in [4.69, 9.17) is 0 Å². The smallest absolute Gasteiger partial charge is 0.276 e. The number of thiazole rings is 1. The van der Waals surface area contributed by atoms with Crippen molar-refractivity contribution in [3.63, 3.8) is 0 Å². The lowest BCUT2D eigenvalue weighted by Crippen LogP contribution is -2.19. The molecule has 3 aromatic rings. The van der Waals surface area contributed by atoms with Crippen molar-refractivity contribution >= 4 is 22.4 Å². The summed E-state index contributed by atoms with van der Waals surface area (Å²) in [5, 5.41) is 8.26. The summed E-state index contributed by atoms with van der Waals surface area (Å²) in [4.78, 5) is 18.4. The molecule has 1 N–H and O–H groups in total. The van der Waals surface area contributed by atoms with Crippen LogP contribution in [0.15, 0.2) is 36.5 Å². The molecule has 1 amide bonds. The molecule has 0 aliphatic heterocycles. The predicted octanol–water partition coefficient (Wildman–Crippen LogP) is 4.08. The van der Waals surface area contributed by atoms with Crippen molar-refractivity contribution in [3.8, 4) is 0 Å². The van der Waals surface area contributed by atoms with Crippen molar-refractivity contribution in [3.05, 3.63) is 63.9 Å². The molecule has 4 rings (SSSR count). The van der Waals surface area contributed by atoms with Gasteiger partial charge in [0.2, 0.25) is 0 Å². The van der Waals surface area contributed by atoms with Gasteiger partial charge in [-0.2, -0.15) is 5.10 Å². The highest BCUT2D eigenvalue weighted by atomic mass is 32.1. The van der Waals surface area contributed by atoms with Crippen molar-refractivity contribution in [2.24, 2.45) is 0 Å². The van der Waals surface area contributed by atoms with Gasteiger partial charge in [-0.1, -0.05) is 30.3 Å². The SMILES string of the molecule is CCn1nc2c(c1C(=O)Nc1ncc(Cc3ccccc3)s1)CCCC2.